The molecule has 0 saturated heterocycles. The number of non-ortho nitro benzene ring substituents is 1. The van der Waals surface area contributed by atoms with Crippen molar-refractivity contribution < 1.29 is 33.5 Å². The third-order valence-corrected chi connectivity index (χ3v) is 5.19. The highest BCUT2D eigenvalue weighted by atomic mass is 16.6. The highest BCUT2D eigenvalue weighted by Gasteiger charge is 2.35. The summed E-state index contributed by atoms with van der Waals surface area (Å²) in [6, 6.07) is 8.39. The van der Waals surface area contributed by atoms with Crippen LogP contribution in [0.25, 0.3) is 0 Å². The molecule has 1 atom stereocenters. The van der Waals surface area contributed by atoms with Crippen molar-refractivity contribution in [2.24, 2.45) is 5.92 Å². The predicted octanol–water partition coefficient (Wildman–Crippen LogP) is 3.65. The molecule has 0 bridgehead atoms. The summed E-state index contributed by atoms with van der Waals surface area (Å²) in [5.74, 6) is -1.35. The van der Waals surface area contributed by atoms with E-state index < -0.39 is 28.9 Å². The Balaban J connectivity index is 1.97. The lowest BCUT2D eigenvalue weighted by molar-refractivity contribution is -0.384. The topological polar surface area (TPSA) is 146 Å². The number of hydrogen-bond donors (Lipinski definition) is 2. The van der Waals surface area contributed by atoms with E-state index in [-0.39, 0.29) is 40.8 Å². The number of ether oxygens (including phenoxy) is 3. The molecular formula is C24H25N3O8. The summed E-state index contributed by atoms with van der Waals surface area (Å²) in [4.78, 5) is 48.1. The Bertz CT molecular complexity index is 1210. The van der Waals surface area contributed by atoms with Crippen LogP contribution >= 0.6 is 0 Å². The maximum atomic E-state index is 12.8. The van der Waals surface area contributed by atoms with E-state index in [9.17, 15) is 24.5 Å². The van der Waals surface area contributed by atoms with E-state index in [1.54, 1.807) is 13.0 Å². The molecule has 1 aliphatic heterocycles. The fourth-order valence-corrected chi connectivity index (χ4v) is 3.58. The van der Waals surface area contributed by atoms with Gasteiger partial charge in [0.1, 0.15) is 0 Å². The summed E-state index contributed by atoms with van der Waals surface area (Å²) in [5.41, 5.74) is 0.933. The second-order valence-electron chi connectivity index (χ2n) is 7.84. The minimum atomic E-state index is -0.837. The Labute approximate surface area is 201 Å². The van der Waals surface area contributed by atoms with Crippen molar-refractivity contribution in [3.05, 3.63) is 75.0 Å². The van der Waals surface area contributed by atoms with Gasteiger partial charge in [0.05, 0.1) is 35.8 Å². The van der Waals surface area contributed by atoms with Crippen LogP contribution in [0.1, 0.15) is 42.7 Å². The Morgan fingerprint density at radius 3 is 2.49 bits per heavy atom. The monoisotopic (exact) mass is 483 g/mol. The molecule has 0 aliphatic carbocycles. The average molecular weight is 483 g/mol. The second-order valence-corrected chi connectivity index (χ2v) is 7.84. The summed E-state index contributed by atoms with van der Waals surface area (Å²) < 4.78 is 16.0. The fourth-order valence-electron chi connectivity index (χ4n) is 3.58. The average Bonchev–Trinajstić information content (AvgIpc) is 2.83. The van der Waals surface area contributed by atoms with Gasteiger partial charge < -0.3 is 24.8 Å². The highest BCUT2D eigenvalue weighted by Crippen LogP contribution is 2.36. The number of allylic oxidation sites excluding steroid dienone is 1. The van der Waals surface area contributed by atoms with Crippen LogP contribution in [-0.4, -0.2) is 36.6 Å². The Kier molecular flexibility index (Phi) is 7.69. The van der Waals surface area contributed by atoms with Gasteiger partial charge in [-0.05, 0) is 36.6 Å². The molecule has 1 unspecified atom stereocenters. The van der Waals surface area contributed by atoms with Crippen LogP contribution in [0.4, 0.5) is 10.5 Å². The number of benzene rings is 2. The third kappa shape index (κ3) is 5.57. The molecule has 3 rings (SSSR count). The minimum Gasteiger partial charge on any atom is -0.493 e. The summed E-state index contributed by atoms with van der Waals surface area (Å²) in [6.45, 7) is 5.53. The Morgan fingerprint density at radius 1 is 1.11 bits per heavy atom. The first-order valence-electron chi connectivity index (χ1n) is 10.8. The van der Waals surface area contributed by atoms with Crippen molar-refractivity contribution >= 4 is 23.7 Å². The number of nitro groups is 1. The number of carbonyl (C=O) groups excluding carboxylic acids is 3. The first-order chi connectivity index (χ1) is 16.7. The number of carbonyl (C=O) groups is 3. The lowest BCUT2D eigenvalue weighted by Crippen LogP contribution is -2.47. The summed E-state index contributed by atoms with van der Waals surface area (Å²) in [5, 5.41) is 16.4. The van der Waals surface area contributed by atoms with E-state index in [0.717, 1.165) is 6.07 Å². The molecule has 11 heteroatoms. The van der Waals surface area contributed by atoms with Crippen molar-refractivity contribution in [2.75, 3.05) is 13.7 Å². The number of methoxy groups -OCH3 is 1. The van der Waals surface area contributed by atoms with Crippen LogP contribution < -0.4 is 20.1 Å². The standard InChI is InChI=1S/C24H25N3O8/c1-5-34-23(29)19-20(13(2)3)25-24(30)26-21(19)14-9-10-17(18(12-14)33-4)35-22(28)15-7-6-8-16(11-15)27(31)32/h6-13,21H,5H2,1-4H3,(H2,25,26,30). The molecule has 2 aromatic carbocycles. The molecule has 1 aliphatic rings. The molecule has 2 aromatic rings. The number of nitrogens with zero attached hydrogens (tertiary/aromatic N) is 1. The molecule has 0 radical (unpaired) electrons. The van der Waals surface area contributed by atoms with Crippen molar-refractivity contribution in [3.8, 4) is 11.5 Å². The van der Waals surface area contributed by atoms with Gasteiger partial charge in [0, 0.05) is 17.8 Å². The van der Waals surface area contributed by atoms with E-state index >= 15 is 0 Å². The molecule has 35 heavy (non-hydrogen) atoms. The summed E-state index contributed by atoms with van der Waals surface area (Å²) >= 11 is 0. The van der Waals surface area contributed by atoms with Gasteiger partial charge in [0.2, 0.25) is 0 Å². The van der Waals surface area contributed by atoms with Gasteiger partial charge in [-0.1, -0.05) is 26.0 Å². The van der Waals surface area contributed by atoms with E-state index in [2.05, 4.69) is 10.6 Å². The van der Waals surface area contributed by atoms with E-state index in [1.165, 1.54) is 37.4 Å². The predicted molar refractivity (Wildman–Crippen MR) is 124 cm³/mol. The number of nitro benzene ring substituents is 1. The Hall–Kier alpha value is -4.41. The number of rotatable bonds is 8. The SMILES string of the molecule is CCOC(=O)C1=C(C(C)C)NC(=O)NC1c1ccc(OC(=O)c2cccc([N+](=O)[O-])c2)c(OC)c1. The van der Waals surface area contributed by atoms with Crippen molar-refractivity contribution in [1.29, 1.82) is 0 Å². The molecule has 1 heterocycles. The number of urea groups is 1. The molecular weight excluding hydrogens is 458 g/mol. The van der Waals surface area contributed by atoms with Gasteiger partial charge >= 0.3 is 18.0 Å². The van der Waals surface area contributed by atoms with Crippen LogP contribution in [0.3, 0.4) is 0 Å². The van der Waals surface area contributed by atoms with Gasteiger partial charge in [0.25, 0.3) is 5.69 Å². The zero-order chi connectivity index (χ0) is 25.7. The summed E-state index contributed by atoms with van der Waals surface area (Å²) in [7, 11) is 1.37. The van der Waals surface area contributed by atoms with Gasteiger partial charge in [-0.3, -0.25) is 10.1 Å². The number of esters is 2. The quantitative estimate of drug-likeness (QED) is 0.250. The molecule has 11 nitrogen and oxygen atoms in total. The van der Waals surface area contributed by atoms with Gasteiger partial charge in [-0.25, -0.2) is 14.4 Å². The molecule has 0 saturated carbocycles. The second kappa shape index (κ2) is 10.7. The molecule has 0 fully saturated rings. The smallest absolute Gasteiger partial charge is 0.343 e. The zero-order valence-corrected chi connectivity index (χ0v) is 19.6. The third-order valence-electron chi connectivity index (χ3n) is 5.19. The van der Waals surface area contributed by atoms with E-state index in [1.807, 2.05) is 13.8 Å². The molecule has 2 N–H and O–H groups in total. The fraction of sp³-hybridized carbons (Fsp3) is 0.292. The van der Waals surface area contributed by atoms with Crippen LogP contribution in [0.15, 0.2) is 53.7 Å². The largest absolute Gasteiger partial charge is 0.493 e. The van der Waals surface area contributed by atoms with Gasteiger partial charge in [-0.15, -0.1) is 0 Å². The maximum absolute atomic E-state index is 12.8. The van der Waals surface area contributed by atoms with Crippen LogP contribution in [-0.2, 0) is 9.53 Å². The van der Waals surface area contributed by atoms with Crippen LogP contribution in [0.5, 0.6) is 11.5 Å². The summed E-state index contributed by atoms with van der Waals surface area (Å²) in [6.07, 6.45) is 0. The normalized spacial score (nSPS) is 15.2. The van der Waals surface area contributed by atoms with Gasteiger partial charge in [-0.2, -0.15) is 0 Å². The zero-order valence-electron chi connectivity index (χ0n) is 19.6. The molecule has 2 amide bonds. The minimum absolute atomic E-state index is 0.00921. The van der Waals surface area contributed by atoms with E-state index in [0.29, 0.717) is 11.3 Å². The number of nitrogens with one attached hydrogen (secondary N) is 2. The number of amides is 2. The maximum Gasteiger partial charge on any atom is 0.343 e. The first kappa shape index (κ1) is 25.2. The van der Waals surface area contributed by atoms with Crippen molar-refractivity contribution in [2.45, 2.75) is 26.8 Å². The van der Waals surface area contributed by atoms with Crippen molar-refractivity contribution in [3.63, 3.8) is 0 Å². The van der Waals surface area contributed by atoms with Crippen LogP contribution in [0.2, 0.25) is 0 Å². The first-order valence-corrected chi connectivity index (χ1v) is 10.8. The molecule has 184 valence electrons. The highest BCUT2D eigenvalue weighted by molar-refractivity contribution is 5.95. The van der Waals surface area contributed by atoms with Crippen LogP contribution in [0, 0.1) is 16.0 Å². The number of hydrogen-bond acceptors (Lipinski definition) is 8. The van der Waals surface area contributed by atoms with Gasteiger partial charge in [0.15, 0.2) is 11.5 Å². The molecule has 0 aromatic heterocycles. The lowest BCUT2D eigenvalue weighted by atomic mass is 9.91. The van der Waals surface area contributed by atoms with Crippen molar-refractivity contribution in [1.82, 2.24) is 10.6 Å². The lowest BCUT2D eigenvalue weighted by Gasteiger charge is -2.31. The Morgan fingerprint density at radius 2 is 1.86 bits per heavy atom. The molecule has 0 spiro atoms. The van der Waals surface area contributed by atoms with E-state index in [4.69, 9.17) is 14.2 Å².